The van der Waals surface area contributed by atoms with E-state index in [9.17, 15) is 0 Å². The summed E-state index contributed by atoms with van der Waals surface area (Å²) in [6, 6.07) is 4.67. The fourth-order valence-electron chi connectivity index (χ4n) is 1.80. The molecule has 14 heavy (non-hydrogen) atoms. The van der Waals surface area contributed by atoms with Crippen molar-refractivity contribution in [1.29, 1.82) is 0 Å². The van der Waals surface area contributed by atoms with Crippen LogP contribution in [0, 0.1) is 0 Å². The standard InChI is InChI=1S/C11H17NOS/c1-3-9-7-12-8(2)11(13-9)10-5-4-6-14-10/h4-6,8-9,11-12H,3,7H2,1-2H3. The first-order valence-corrected chi connectivity index (χ1v) is 6.11. The lowest BCUT2D eigenvalue weighted by Crippen LogP contribution is -2.46. The number of morpholine rings is 1. The molecule has 0 spiro atoms. The molecule has 1 aromatic rings. The van der Waals surface area contributed by atoms with Gasteiger partial charge in [-0.3, -0.25) is 0 Å². The first kappa shape index (κ1) is 10.1. The Morgan fingerprint density at radius 2 is 2.50 bits per heavy atom. The van der Waals surface area contributed by atoms with Crippen molar-refractivity contribution in [3.05, 3.63) is 22.4 Å². The average Bonchev–Trinajstić information content (AvgIpc) is 2.71. The Hall–Kier alpha value is -0.380. The largest absolute Gasteiger partial charge is 0.367 e. The predicted molar refractivity (Wildman–Crippen MR) is 59.7 cm³/mol. The molecule has 0 radical (unpaired) electrons. The van der Waals surface area contributed by atoms with Gasteiger partial charge in [-0.2, -0.15) is 0 Å². The van der Waals surface area contributed by atoms with E-state index in [2.05, 4.69) is 36.7 Å². The second-order valence-corrected chi connectivity index (χ2v) is 4.78. The third kappa shape index (κ3) is 2.00. The zero-order valence-corrected chi connectivity index (χ0v) is 9.51. The van der Waals surface area contributed by atoms with Gasteiger partial charge >= 0.3 is 0 Å². The SMILES string of the molecule is CCC1CNC(C)C(c2cccs2)O1. The fourth-order valence-corrected chi connectivity index (χ4v) is 2.67. The Balaban J connectivity index is 2.09. The van der Waals surface area contributed by atoms with E-state index >= 15 is 0 Å². The van der Waals surface area contributed by atoms with Gasteiger partial charge in [-0.25, -0.2) is 0 Å². The van der Waals surface area contributed by atoms with Crippen molar-refractivity contribution in [2.45, 2.75) is 38.5 Å². The monoisotopic (exact) mass is 211 g/mol. The van der Waals surface area contributed by atoms with E-state index in [1.165, 1.54) is 4.88 Å². The lowest BCUT2D eigenvalue weighted by Gasteiger charge is -2.35. The molecule has 3 unspecified atom stereocenters. The number of ether oxygens (including phenoxy) is 1. The maximum atomic E-state index is 6.04. The smallest absolute Gasteiger partial charge is 0.107 e. The normalized spacial score (nSPS) is 33.1. The van der Waals surface area contributed by atoms with E-state index in [0.29, 0.717) is 12.1 Å². The number of hydrogen-bond acceptors (Lipinski definition) is 3. The summed E-state index contributed by atoms with van der Waals surface area (Å²) in [5, 5.41) is 5.62. The molecule has 2 heterocycles. The second kappa shape index (κ2) is 4.43. The Morgan fingerprint density at radius 1 is 1.64 bits per heavy atom. The maximum Gasteiger partial charge on any atom is 0.107 e. The zero-order valence-electron chi connectivity index (χ0n) is 8.69. The molecule has 1 N–H and O–H groups in total. The molecule has 1 aliphatic heterocycles. The minimum Gasteiger partial charge on any atom is -0.367 e. The summed E-state index contributed by atoms with van der Waals surface area (Å²) in [4.78, 5) is 1.34. The molecule has 78 valence electrons. The summed E-state index contributed by atoms with van der Waals surface area (Å²) in [5.74, 6) is 0. The highest BCUT2D eigenvalue weighted by molar-refractivity contribution is 7.10. The van der Waals surface area contributed by atoms with Gasteiger partial charge in [-0.1, -0.05) is 13.0 Å². The lowest BCUT2D eigenvalue weighted by molar-refractivity contribution is -0.0604. The molecule has 1 fully saturated rings. The highest BCUT2D eigenvalue weighted by Gasteiger charge is 2.28. The molecule has 0 aromatic carbocycles. The minimum atomic E-state index is 0.244. The molecular weight excluding hydrogens is 194 g/mol. The molecule has 3 heteroatoms. The third-order valence-electron chi connectivity index (χ3n) is 2.74. The van der Waals surface area contributed by atoms with Crippen LogP contribution in [-0.4, -0.2) is 18.7 Å². The zero-order chi connectivity index (χ0) is 9.97. The molecule has 0 aliphatic carbocycles. The van der Waals surface area contributed by atoms with Gasteiger partial charge in [0.15, 0.2) is 0 Å². The van der Waals surface area contributed by atoms with E-state index in [-0.39, 0.29) is 6.10 Å². The van der Waals surface area contributed by atoms with Crippen LogP contribution in [0.15, 0.2) is 17.5 Å². The van der Waals surface area contributed by atoms with Gasteiger partial charge in [-0.05, 0) is 24.8 Å². The van der Waals surface area contributed by atoms with Crippen molar-refractivity contribution in [3.63, 3.8) is 0 Å². The fraction of sp³-hybridized carbons (Fsp3) is 0.636. The molecule has 0 amide bonds. The van der Waals surface area contributed by atoms with Crippen LogP contribution in [0.4, 0.5) is 0 Å². The summed E-state index contributed by atoms with van der Waals surface area (Å²) in [6.45, 7) is 5.35. The van der Waals surface area contributed by atoms with E-state index in [1.807, 2.05) is 0 Å². The van der Waals surface area contributed by atoms with Gasteiger partial charge in [0.1, 0.15) is 6.10 Å². The summed E-state index contributed by atoms with van der Waals surface area (Å²) >= 11 is 1.78. The number of rotatable bonds is 2. The number of nitrogens with one attached hydrogen (secondary N) is 1. The van der Waals surface area contributed by atoms with Gasteiger partial charge in [0, 0.05) is 17.5 Å². The van der Waals surface area contributed by atoms with Gasteiger partial charge in [0.25, 0.3) is 0 Å². The van der Waals surface area contributed by atoms with Crippen molar-refractivity contribution in [2.24, 2.45) is 0 Å². The van der Waals surface area contributed by atoms with Crippen molar-refractivity contribution in [2.75, 3.05) is 6.54 Å². The third-order valence-corrected chi connectivity index (χ3v) is 3.67. The van der Waals surface area contributed by atoms with Crippen molar-refractivity contribution < 1.29 is 4.74 Å². The van der Waals surface area contributed by atoms with Crippen LogP contribution in [0.2, 0.25) is 0 Å². The van der Waals surface area contributed by atoms with Crippen LogP contribution in [0.1, 0.15) is 31.2 Å². The van der Waals surface area contributed by atoms with Crippen molar-refractivity contribution in [3.8, 4) is 0 Å². The number of thiophene rings is 1. The predicted octanol–water partition coefficient (Wildman–Crippen LogP) is 2.58. The molecule has 2 nitrogen and oxygen atoms in total. The molecule has 3 atom stereocenters. The van der Waals surface area contributed by atoms with Crippen LogP contribution in [0.3, 0.4) is 0 Å². The van der Waals surface area contributed by atoms with Crippen LogP contribution in [0.5, 0.6) is 0 Å². The Morgan fingerprint density at radius 3 is 3.14 bits per heavy atom. The van der Waals surface area contributed by atoms with Crippen LogP contribution in [0.25, 0.3) is 0 Å². The minimum absolute atomic E-state index is 0.244. The first-order valence-electron chi connectivity index (χ1n) is 5.23. The number of hydrogen-bond donors (Lipinski definition) is 1. The Bertz CT molecular complexity index is 273. The summed E-state index contributed by atoms with van der Waals surface area (Å²) < 4.78 is 6.04. The van der Waals surface area contributed by atoms with Crippen LogP contribution < -0.4 is 5.32 Å². The highest BCUT2D eigenvalue weighted by atomic mass is 32.1. The van der Waals surface area contributed by atoms with Gasteiger partial charge in [0.05, 0.1) is 6.10 Å². The summed E-state index contributed by atoms with van der Waals surface area (Å²) in [6.07, 6.45) is 1.70. The van der Waals surface area contributed by atoms with Crippen molar-refractivity contribution in [1.82, 2.24) is 5.32 Å². The van der Waals surface area contributed by atoms with Crippen molar-refractivity contribution >= 4 is 11.3 Å². The molecule has 1 saturated heterocycles. The van der Waals surface area contributed by atoms with Crippen LogP contribution in [-0.2, 0) is 4.74 Å². The molecule has 0 saturated carbocycles. The Labute approximate surface area is 89.3 Å². The lowest BCUT2D eigenvalue weighted by atomic mass is 10.1. The maximum absolute atomic E-state index is 6.04. The second-order valence-electron chi connectivity index (χ2n) is 3.80. The molecular formula is C11H17NOS. The van der Waals surface area contributed by atoms with E-state index < -0.39 is 0 Å². The van der Waals surface area contributed by atoms with Gasteiger partial charge in [0.2, 0.25) is 0 Å². The van der Waals surface area contributed by atoms with Gasteiger partial charge in [-0.15, -0.1) is 11.3 Å². The molecule has 1 aliphatic rings. The Kier molecular flexibility index (Phi) is 3.21. The van der Waals surface area contributed by atoms with Gasteiger partial charge < -0.3 is 10.1 Å². The van der Waals surface area contributed by atoms with E-state index in [1.54, 1.807) is 11.3 Å². The average molecular weight is 211 g/mol. The van der Waals surface area contributed by atoms with E-state index in [4.69, 9.17) is 4.74 Å². The highest BCUT2D eigenvalue weighted by Crippen LogP contribution is 2.29. The quantitative estimate of drug-likeness (QED) is 0.812. The topological polar surface area (TPSA) is 21.3 Å². The summed E-state index contributed by atoms with van der Waals surface area (Å²) in [7, 11) is 0. The molecule has 1 aromatic heterocycles. The molecule has 2 rings (SSSR count). The first-order chi connectivity index (χ1) is 6.81. The van der Waals surface area contributed by atoms with E-state index in [0.717, 1.165) is 13.0 Å². The summed E-state index contributed by atoms with van der Waals surface area (Å²) in [5.41, 5.74) is 0. The van der Waals surface area contributed by atoms with Crippen LogP contribution >= 0.6 is 11.3 Å². The molecule has 0 bridgehead atoms.